The minimum absolute atomic E-state index is 0.207. The number of para-hydroxylation sites is 1. The van der Waals surface area contributed by atoms with Crippen molar-refractivity contribution >= 4 is 34.6 Å². The van der Waals surface area contributed by atoms with Gasteiger partial charge in [0.25, 0.3) is 0 Å². The Balaban J connectivity index is 1.82. The van der Waals surface area contributed by atoms with Gasteiger partial charge in [0, 0.05) is 30.1 Å². The molecule has 0 saturated carbocycles. The number of aromatic amines is 1. The van der Waals surface area contributed by atoms with Crippen molar-refractivity contribution in [3.8, 4) is 0 Å². The van der Waals surface area contributed by atoms with Crippen LogP contribution in [0.15, 0.2) is 30.5 Å². The van der Waals surface area contributed by atoms with Gasteiger partial charge in [-0.1, -0.05) is 38.5 Å². The number of carboxylic acids is 1. The van der Waals surface area contributed by atoms with E-state index in [-0.39, 0.29) is 12.3 Å². The van der Waals surface area contributed by atoms with E-state index in [0.717, 1.165) is 22.9 Å². The summed E-state index contributed by atoms with van der Waals surface area (Å²) in [5, 5.41) is 15.8. The topological polar surface area (TPSA) is 184 Å². The van der Waals surface area contributed by atoms with E-state index in [9.17, 15) is 24.3 Å². The Bertz CT molecular complexity index is 1130. The molecule has 4 atom stereocenters. The number of hydrogen-bond donors (Lipinski definition) is 6. The number of likely N-dealkylation sites (tertiary alicyclic amines) is 1. The second-order valence-electron chi connectivity index (χ2n) is 10.3. The summed E-state index contributed by atoms with van der Waals surface area (Å²) in [6.45, 7) is 4.26. The molecule has 0 spiro atoms. The maximum atomic E-state index is 13.8. The standard InChI is InChI=1S/C27H40N6O5/c1-16(2)23(27(37)38)32-25(35)22-11-7-13-33(22)26(36)21(31-24(34)19(29)9-5-6-12-28)14-17-15-30-20-10-4-3-8-18(17)20/h3-4,8,10,15-16,19,21-23,30H,5-7,9,11-14,28-29H2,1-2H3,(H,31,34)(H,32,35)(H,37,38). The highest BCUT2D eigenvalue weighted by Gasteiger charge is 2.39. The van der Waals surface area contributed by atoms with Crippen LogP contribution in [-0.4, -0.2) is 75.9 Å². The van der Waals surface area contributed by atoms with E-state index in [0.29, 0.717) is 38.8 Å². The van der Waals surface area contributed by atoms with E-state index in [1.54, 1.807) is 13.8 Å². The number of benzene rings is 1. The predicted molar refractivity (Wildman–Crippen MR) is 144 cm³/mol. The van der Waals surface area contributed by atoms with Crippen LogP contribution in [0.3, 0.4) is 0 Å². The molecule has 11 heteroatoms. The van der Waals surface area contributed by atoms with Crippen LogP contribution < -0.4 is 22.1 Å². The van der Waals surface area contributed by atoms with E-state index in [2.05, 4.69) is 15.6 Å². The average Bonchev–Trinajstić information content (AvgIpc) is 3.53. The van der Waals surface area contributed by atoms with Crippen LogP contribution in [0.5, 0.6) is 0 Å². The van der Waals surface area contributed by atoms with Crippen molar-refractivity contribution in [2.45, 2.75) is 76.5 Å². The van der Waals surface area contributed by atoms with Crippen molar-refractivity contribution in [1.29, 1.82) is 0 Å². The highest BCUT2D eigenvalue weighted by Crippen LogP contribution is 2.23. The number of nitrogens with zero attached hydrogens (tertiary/aromatic N) is 1. The third-order valence-corrected chi connectivity index (χ3v) is 7.09. The molecule has 38 heavy (non-hydrogen) atoms. The van der Waals surface area contributed by atoms with Crippen LogP contribution in [0, 0.1) is 5.92 Å². The first-order valence-corrected chi connectivity index (χ1v) is 13.3. The minimum Gasteiger partial charge on any atom is -0.480 e. The SMILES string of the molecule is CC(C)C(NC(=O)C1CCCN1C(=O)C(Cc1c[nH]c2ccccc12)NC(=O)C(N)CCCCN)C(=O)O. The van der Waals surface area contributed by atoms with Gasteiger partial charge in [0.15, 0.2) is 0 Å². The summed E-state index contributed by atoms with van der Waals surface area (Å²) < 4.78 is 0. The number of carbonyl (C=O) groups excluding carboxylic acids is 3. The molecule has 1 saturated heterocycles. The van der Waals surface area contributed by atoms with Crippen LogP contribution >= 0.6 is 0 Å². The molecule has 8 N–H and O–H groups in total. The minimum atomic E-state index is -1.13. The summed E-state index contributed by atoms with van der Waals surface area (Å²) in [7, 11) is 0. The molecule has 1 aromatic heterocycles. The molecular formula is C27H40N6O5. The van der Waals surface area contributed by atoms with E-state index in [1.807, 2.05) is 30.5 Å². The van der Waals surface area contributed by atoms with E-state index in [4.69, 9.17) is 11.5 Å². The second kappa shape index (κ2) is 13.4. The number of carboxylic acid groups (broad SMARTS) is 1. The lowest BCUT2D eigenvalue weighted by atomic mass is 10.0. The normalized spacial score (nSPS) is 17.8. The Morgan fingerprint density at radius 1 is 1.16 bits per heavy atom. The zero-order valence-corrected chi connectivity index (χ0v) is 22.1. The van der Waals surface area contributed by atoms with Crippen LogP contribution in [-0.2, 0) is 25.6 Å². The van der Waals surface area contributed by atoms with Gasteiger partial charge in [-0.05, 0) is 49.8 Å². The molecule has 4 unspecified atom stereocenters. The number of carbonyl (C=O) groups is 4. The number of fused-ring (bicyclic) bond motifs is 1. The van der Waals surface area contributed by atoms with Crippen molar-refractivity contribution in [3.05, 3.63) is 36.0 Å². The Labute approximate surface area is 222 Å². The van der Waals surface area contributed by atoms with Crippen molar-refractivity contribution in [1.82, 2.24) is 20.5 Å². The smallest absolute Gasteiger partial charge is 0.326 e. The van der Waals surface area contributed by atoms with Gasteiger partial charge in [0.05, 0.1) is 6.04 Å². The van der Waals surface area contributed by atoms with Gasteiger partial charge in [-0.25, -0.2) is 4.79 Å². The highest BCUT2D eigenvalue weighted by molar-refractivity contribution is 5.95. The van der Waals surface area contributed by atoms with Crippen LogP contribution in [0.2, 0.25) is 0 Å². The molecular weight excluding hydrogens is 488 g/mol. The molecule has 2 heterocycles. The van der Waals surface area contributed by atoms with E-state index in [1.165, 1.54) is 4.90 Å². The fourth-order valence-electron chi connectivity index (χ4n) is 4.91. The number of amides is 3. The first kappa shape index (κ1) is 29.1. The lowest BCUT2D eigenvalue weighted by Gasteiger charge is -2.30. The average molecular weight is 529 g/mol. The summed E-state index contributed by atoms with van der Waals surface area (Å²) in [5.74, 6) is -2.79. The molecule has 11 nitrogen and oxygen atoms in total. The van der Waals surface area contributed by atoms with Crippen LogP contribution in [0.25, 0.3) is 10.9 Å². The number of rotatable bonds is 13. The van der Waals surface area contributed by atoms with E-state index < -0.39 is 47.9 Å². The summed E-state index contributed by atoms with van der Waals surface area (Å²) >= 11 is 0. The number of H-pyrrole nitrogens is 1. The molecule has 0 aliphatic carbocycles. The Kier molecular flexibility index (Phi) is 10.3. The number of nitrogens with two attached hydrogens (primary N) is 2. The van der Waals surface area contributed by atoms with Gasteiger partial charge in [-0.15, -0.1) is 0 Å². The summed E-state index contributed by atoms with van der Waals surface area (Å²) in [4.78, 5) is 56.2. The number of nitrogens with one attached hydrogen (secondary N) is 3. The number of aliphatic carboxylic acids is 1. The summed E-state index contributed by atoms with van der Waals surface area (Å²) in [6.07, 6.45) is 4.91. The Hall–Kier alpha value is -3.44. The first-order valence-electron chi connectivity index (χ1n) is 13.3. The molecule has 3 amide bonds. The van der Waals surface area contributed by atoms with Gasteiger partial charge < -0.3 is 37.1 Å². The van der Waals surface area contributed by atoms with Gasteiger partial charge in [0.1, 0.15) is 18.1 Å². The number of unbranched alkanes of at least 4 members (excludes halogenated alkanes) is 1. The molecule has 0 bridgehead atoms. The van der Waals surface area contributed by atoms with Crippen LogP contribution in [0.1, 0.15) is 51.5 Å². The monoisotopic (exact) mass is 528 g/mol. The van der Waals surface area contributed by atoms with Crippen molar-refractivity contribution in [3.63, 3.8) is 0 Å². The maximum Gasteiger partial charge on any atom is 0.326 e. The fraction of sp³-hybridized carbons (Fsp3) is 0.556. The Morgan fingerprint density at radius 2 is 1.89 bits per heavy atom. The zero-order valence-electron chi connectivity index (χ0n) is 22.1. The fourth-order valence-corrected chi connectivity index (χ4v) is 4.91. The summed E-state index contributed by atoms with van der Waals surface area (Å²) in [6, 6.07) is 4.05. The van der Waals surface area contributed by atoms with Gasteiger partial charge >= 0.3 is 5.97 Å². The molecule has 1 fully saturated rings. The zero-order chi connectivity index (χ0) is 27.8. The van der Waals surface area contributed by atoms with Crippen molar-refractivity contribution in [2.75, 3.05) is 13.1 Å². The molecule has 208 valence electrons. The highest BCUT2D eigenvalue weighted by atomic mass is 16.4. The molecule has 3 rings (SSSR count). The quantitative estimate of drug-likeness (QED) is 0.208. The van der Waals surface area contributed by atoms with Crippen molar-refractivity contribution in [2.24, 2.45) is 17.4 Å². The Morgan fingerprint density at radius 3 is 2.58 bits per heavy atom. The van der Waals surface area contributed by atoms with Crippen molar-refractivity contribution < 1.29 is 24.3 Å². The summed E-state index contributed by atoms with van der Waals surface area (Å²) in [5.41, 5.74) is 13.4. The molecule has 2 aromatic rings. The third-order valence-electron chi connectivity index (χ3n) is 7.09. The third kappa shape index (κ3) is 7.11. The number of hydrogen-bond acceptors (Lipinski definition) is 6. The molecule has 1 aromatic carbocycles. The van der Waals surface area contributed by atoms with E-state index >= 15 is 0 Å². The second-order valence-corrected chi connectivity index (χ2v) is 10.3. The van der Waals surface area contributed by atoms with Gasteiger partial charge in [0.2, 0.25) is 17.7 Å². The predicted octanol–water partition coefficient (Wildman–Crippen LogP) is 0.868. The lowest BCUT2D eigenvalue weighted by molar-refractivity contribution is -0.145. The first-order chi connectivity index (χ1) is 18.1. The molecule has 1 aliphatic rings. The molecule has 0 radical (unpaired) electrons. The number of aromatic nitrogens is 1. The lowest BCUT2D eigenvalue weighted by Crippen LogP contribution is -2.57. The largest absolute Gasteiger partial charge is 0.480 e. The maximum absolute atomic E-state index is 13.8. The molecule has 1 aliphatic heterocycles. The van der Waals surface area contributed by atoms with Gasteiger partial charge in [-0.3, -0.25) is 14.4 Å². The van der Waals surface area contributed by atoms with Gasteiger partial charge in [-0.2, -0.15) is 0 Å². The van der Waals surface area contributed by atoms with Crippen LogP contribution in [0.4, 0.5) is 0 Å².